The van der Waals surface area contributed by atoms with Crippen LogP contribution in [-0.2, 0) is 14.3 Å². The highest BCUT2D eigenvalue weighted by Gasteiger charge is 2.16. The van der Waals surface area contributed by atoms with Crippen molar-refractivity contribution >= 4 is 35.2 Å². The molecule has 8 heteroatoms. The molecule has 0 saturated heterocycles. The second-order valence-corrected chi connectivity index (χ2v) is 7.14. The van der Waals surface area contributed by atoms with Gasteiger partial charge in [0, 0.05) is 19.0 Å². The van der Waals surface area contributed by atoms with Gasteiger partial charge in [-0.1, -0.05) is 24.3 Å². The van der Waals surface area contributed by atoms with Crippen LogP contribution in [0, 0.1) is 0 Å². The van der Waals surface area contributed by atoms with Gasteiger partial charge < -0.3 is 19.7 Å². The lowest BCUT2D eigenvalue weighted by Gasteiger charge is -2.13. The maximum atomic E-state index is 12.4. The van der Waals surface area contributed by atoms with Gasteiger partial charge in [0.1, 0.15) is 5.75 Å². The summed E-state index contributed by atoms with van der Waals surface area (Å²) in [6.45, 7) is 1.88. The van der Waals surface area contributed by atoms with Gasteiger partial charge in [-0.3, -0.25) is 9.59 Å². The molecule has 7 nitrogen and oxygen atoms in total. The normalized spacial score (nSPS) is 10.2. The molecule has 0 unspecified atom stereocenters. The third-order valence-corrected chi connectivity index (χ3v) is 4.81. The van der Waals surface area contributed by atoms with E-state index in [2.05, 4.69) is 5.32 Å². The molecular weight excluding hydrogens is 392 g/mol. The molecule has 2 amide bonds. The molecule has 0 radical (unpaired) electrons. The molecule has 0 aromatic heterocycles. The number of amides is 2. The molecule has 1 N–H and O–H groups in total. The van der Waals surface area contributed by atoms with Crippen LogP contribution in [0.25, 0.3) is 0 Å². The molecule has 2 rings (SSSR count). The third kappa shape index (κ3) is 6.83. The van der Waals surface area contributed by atoms with Crippen LogP contribution in [-0.4, -0.2) is 55.7 Å². The molecule has 2 aromatic rings. The Morgan fingerprint density at radius 3 is 2.45 bits per heavy atom. The van der Waals surface area contributed by atoms with E-state index in [1.54, 1.807) is 62.6 Å². The van der Waals surface area contributed by atoms with Crippen molar-refractivity contribution in [2.45, 2.75) is 11.8 Å². The first kappa shape index (κ1) is 22.3. The number of hydrogen-bond acceptors (Lipinski definition) is 6. The zero-order valence-electron chi connectivity index (χ0n) is 16.6. The molecule has 0 heterocycles. The summed E-state index contributed by atoms with van der Waals surface area (Å²) in [4.78, 5) is 38.5. The second-order valence-electron chi connectivity index (χ2n) is 6.13. The van der Waals surface area contributed by atoms with Crippen LogP contribution in [0.5, 0.6) is 5.75 Å². The van der Waals surface area contributed by atoms with Crippen LogP contribution in [0.15, 0.2) is 53.4 Å². The van der Waals surface area contributed by atoms with Crippen LogP contribution in [0.3, 0.4) is 0 Å². The second kappa shape index (κ2) is 11.1. The van der Waals surface area contributed by atoms with Gasteiger partial charge in [0.2, 0.25) is 5.91 Å². The fourth-order valence-corrected chi connectivity index (χ4v) is 3.29. The standard InChI is InChI=1S/C21H24N2O5S/c1-4-27-17-11-7-6-10-16(17)22-19(24)13-28-21(26)15-9-5-8-12-18(15)29-14-20(25)23(2)3/h5-12H,4,13-14H2,1-3H3,(H,22,24). The molecule has 0 saturated carbocycles. The van der Waals surface area contributed by atoms with E-state index in [1.807, 2.05) is 6.92 Å². The topological polar surface area (TPSA) is 84.9 Å². The number of ether oxygens (including phenoxy) is 2. The summed E-state index contributed by atoms with van der Waals surface area (Å²) in [5.74, 6) is -0.420. The predicted octanol–water partition coefficient (Wildman–Crippen LogP) is 3.06. The minimum absolute atomic E-state index is 0.0643. The average molecular weight is 416 g/mol. The average Bonchev–Trinajstić information content (AvgIpc) is 2.72. The van der Waals surface area contributed by atoms with Gasteiger partial charge in [0.05, 0.1) is 23.6 Å². The van der Waals surface area contributed by atoms with Crippen molar-refractivity contribution in [1.29, 1.82) is 0 Å². The Balaban J connectivity index is 1.95. The zero-order chi connectivity index (χ0) is 21.2. The highest BCUT2D eigenvalue weighted by molar-refractivity contribution is 8.00. The number of thioether (sulfide) groups is 1. The third-order valence-electron chi connectivity index (χ3n) is 3.75. The Hall–Kier alpha value is -3.00. The summed E-state index contributed by atoms with van der Waals surface area (Å²) in [6, 6.07) is 13.8. The van der Waals surface area contributed by atoms with E-state index in [-0.39, 0.29) is 11.7 Å². The van der Waals surface area contributed by atoms with Crippen molar-refractivity contribution in [3.8, 4) is 5.75 Å². The Morgan fingerprint density at radius 1 is 1.03 bits per heavy atom. The lowest BCUT2D eigenvalue weighted by atomic mass is 10.2. The molecule has 0 aliphatic carbocycles. The molecule has 0 fully saturated rings. The minimum atomic E-state index is -0.626. The van der Waals surface area contributed by atoms with Crippen molar-refractivity contribution in [3.63, 3.8) is 0 Å². The van der Waals surface area contributed by atoms with Crippen LogP contribution in [0.4, 0.5) is 5.69 Å². The molecule has 0 aliphatic rings. The fraction of sp³-hybridized carbons (Fsp3) is 0.286. The lowest BCUT2D eigenvalue weighted by molar-refractivity contribution is -0.125. The van der Waals surface area contributed by atoms with Crippen LogP contribution < -0.4 is 10.1 Å². The Bertz CT molecular complexity index is 870. The van der Waals surface area contributed by atoms with E-state index >= 15 is 0 Å². The maximum Gasteiger partial charge on any atom is 0.339 e. The van der Waals surface area contributed by atoms with Crippen molar-refractivity contribution < 1.29 is 23.9 Å². The number of nitrogens with one attached hydrogen (secondary N) is 1. The van der Waals surface area contributed by atoms with Gasteiger partial charge >= 0.3 is 5.97 Å². The van der Waals surface area contributed by atoms with Crippen molar-refractivity contribution in [3.05, 3.63) is 54.1 Å². The van der Waals surface area contributed by atoms with Crippen molar-refractivity contribution in [1.82, 2.24) is 4.90 Å². The summed E-state index contributed by atoms with van der Waals surface area (Å²) in [5, 5.41) is 2.67. The van der Waals surface area contributed by atoms with E-state index in [0.717, 1.165) is 0 Å². The van der Waals surface area contributed by atoms with Gasteiger partial charge in [0.15, 0.2) is 6.61 Å². The Morgan fingerprint density at radius 2 is 1.72 bits per heavy atom. The molecule has 29 heavy (non-hydrogen) atoms. The Kier molecular flexibility index (Phi) is 8.54. The summed E-state index contributed by atoms with van der Waals surface area (Å²) in [6.07, 6.45) is 0. The number of benzene rings is 2. The van der Waals surface area contributed by atoms with Crippen LogP contribution in [0.1, 0.15) is 17.3 Å². The number of rotatable bonds is 9. The smallest absolute Gasteiger partial charge is 0.339 e. The molecule has 0 atom stereocenters. The van der Waals surface area contributed by atoms with Crippen LogP contribution in [0.2, 0.25) is 0 Å². The van der Waals surface area contributed by atoms with Gasteiger partial charge in [0.25, 0.3) is 5.91 Å². The highest BCUT2D eigenvalue weighted by Crippen LogP contribution is 2.25. The first-order chi connectivity index (χ1) is 13.9. The number of carbonyl (C=O) groups excluding carboxylic acids is 3. The number of esters is 1. The fourth-order valence-electron chi connectivity index (χ4n) is 2.28. The lowest BCUT2D eigenvalue weighted by Crippen LogP contribution is -2.23. The monoisotopic (exact) mass is 416 g/mol. The largest absolute Gasteiger partial charge is 0.492 e. The molecular formula is C21H24N2O5S. The van der Waals surface area contributed by atoms with E-state index in [0.29, 0.717) is 28.5 Å². The highest BCUT2D eigenvalue weighted by atomic mass is 32.2. The van der Waals surface area contributed by atoms with Crippen molar-refractivity contribution in [2.24, 2.45) is 0 Å². The summed E-state index contributed by atoms with van der Waals surface area (Å²) in [5.41, 5.74) is 0.820. The van der Waals surface area contributed by atoms with Gasteiger partial charge in [-0.2, -0.15) is 0 Å². The quantitative estimate of drug-likeness (QED) is 0.500. The number of para-hydroxylation sites is 2. The zero-order valence-corrected chi connectivity index (χ0v) is 17.5. The SMILES string of the molecule is CCOc1ccccc1NC(=O)COC(=O)c1ccccc1SCC(=O)N(C)C. The number of nitrogens with zero attached hydrogens (tertiary/aromatic N) is 1. The van der Waals surface area contributed by atoms with Crippen molar-refractivity contribution in [2.75, 3.05) is 38.4 Å². The van der Waals surface area contributed by atoms with E-state index in [1.165, 1.54) is 16.7 Å². The first-order valence-corrected chi connectivity index (χ1v) is 10.0. The molecule has 154 valence electrons. The van der Waals surface area contributed by atoms with Crippen LogP contribution >= 0.6 is 11.8 Å². The minimum Gasteiger partial charge on any atom is -0.492 e. The molecule has 2 aromatic carbocycles. The maximum absolute atomic E-state index is 12.4. The van der Waals surface area contributed by atoms with E-state index in [9.17, 15) is 14.4 Å². The summed E-state index contributed by atoms with van der Waals surface area (Å²) >= 11 is 1.25. The first-order valence-electron chi connectivity index (χ1n) is 9.03. The predicted molar refractivity (Wildman–Crippen MR) is 112 cm³/mol. The van der Waals surface area contributed by atoms with Gasteiger partial charge in [-0.15, -0.1) is 11.8 Å². The van der Waals surface area contributed by atoms with Gasteiger partial charge in [-0.25, -0.2) is 4.79 Å². The van der Waals surface area contributed by atoms with E-state index in [4.69, 9.17) is 9.47 Å². The Labute approximate surface area is 174 Å². The molecule has 0 spiro atoms. The van der Waals surface area contributed by atoms with Gasteiger partial charge in [-0.05, 0) is 31.2 Å². The number of carbonyl (C=O) groups is 3. The van der Waals surface area contributed by atoms with E-state index < -0.39 is 18.5 Å². The summed E-state index contributed by atoms with van der Waals surface area (Å²) < 4.78 is 10.6. The number of anilines is 1. The molecule has 0 aliphatic heterocycles. The number of hydrogen-bond donors (Lipinski definition) is 1. The summed E-state index contributed by atoms with van der Waals surface area (Å²) in [7, 11) is 3.34. The molecule has 0 bridgehead atoms.